The van der Waals surface area contributed by atoms with E-state index in [0.717, 1.165) is 12.2 Å². The van der Waals surface area contributed by atoms with E-state index in [0.29, 0.717) is 6.61 Å². The van der Waals surface area contributed by atoms with E-state index in [-0.39, 0.29) is 10.8 Å². The highest BCUT2D eigenvalue weighted by Crippen LogP contribution is 2.45. The summed E-state index contributed by atoms with van der Waals surface area (Å²) < 4.78 is 6.21. The number of rotatable bonds is 5. The highest BCUT2D eigenvalue weighted by molar-refractivity contribution is 5.56. The zero-order valence-electron chi connectivity index (χ0n) is 16.4. The van der Waals surface area contributed by atoms with Crippen molar-refractivity contribution in [2.45, 2.75) is 65.7 Å². The van der Waals surface area contributed by atoms with Crippen molar-refractivity contribution in [1.82, 2.24) is 0 Å². The van der Waals surface area contributed by atoms with E-state index in [1.165, 1.54) is 27.8 Å². The number of hydrogen-bond acceptors (Lipinski definition) is 1. The number of hydrogen-bond donors (Lipinski definition) is 0. The lowest BCUT2D eigenvalue weighted by atomic mass is 9.74. The lowest BCUT2D eigenvalue weighted by Crippen LogP contribution is -2.23. The molecule has 0 saturated carbocycles. The van der Waals surface area contributed by atoms with Crippen molar-refractivity contribution in [3.8, 4) is 5.75 Å². The average Bonchev–Trinajstić information content (AvgIpc) is 2.91. The summed E-state index contributed by atoms with van der Waals surface area (Å²) in [7, 11) is 0. The van der Waals surface area contributed by atoms with Crippen LogP contribution in [0.1, 0.15) is 64.7 Å². The summed E-state index contributed by atoms with van der Waals surface area (Å²) in [6, 6.07) is 4.55. The van der Waals surface area contributed by atoms with Crippen LogP contribution in [0.5, 0.6) is 5.75 Å². The highest BCUT2D eigenvalue weighted by Gasteiger charge is 2.32. The Morgan fingerprint density at radius 3 is 2.21 bits per heavy atom. The van der Waals surface area contributed by atoms with E-state index < -0.39 is 0 Å². The van der Waals surface area contributed by atoms with Crippen LogP contribution in [0.15, 0.2) is 48.1 Å². The van der Waals surface area contributed by atoms with Crippen LogP contribution in [0.4, 0.5) is 0 Å². The van der Waals surface area contributed by atoms with Crippen LogP contribution < -0.4 is 4.74 Å². The van der Waals surface area contributed by atoms with Gasteiger partial charge >= 0.3 is 0 Å². The molecule has 0 atom stereocenters. The molecule has 0 N–H and O–H groups in total. The number of allylic oxidation sites excluding steroid dienone is 4. The molecule has 24 heavy (non-hydrogen) atoms. The minimum Gasteiger partial charge on any atom is -0.489 e. The van der Waals surface area contributed by atoms with Gasteiger partial charge in [-0.1, -0.05) is 82.7 Å². The van der Waals surface area contributed by atoms with Gasteiger partial charge < -0.3 is 4.74 Å². The van der Waals surface area contributed by atoms with Crippen molar-refractivity contribution < 1.29 is 4.74 Å². The summed E-state index contributed by atoms with van der Waals surface area (Å²) in [5.74, 6) is 1.02. The Hall–Kier alpha value is -1.76. The molecule has 0 fully saturated rings. The molecular formula is C23H32O. The Bertz CT molecular complexity index is 693. The van der Waals surface area contributed by atoms with Gasteiger partial charge in [0.05, 0.1) is 0 Å². The lowest BCUT2D eigenvalue weighted by Gasteiger charge is -2.33. The van der Waals surface area contributed by atoms with Crippen molar-refractivity contribution in [2.75, 3.05) is 6.61 Å². The van der Waals surface area contributed by atoms with E-state index in [1.807, 2.05) is 6.08 Å². The molecule has 1 nitrogen and oxygen atoms in total. The van der Waals surface area contributed by atoms with E-state index in [2.05, 4.69) is 79.3 Å². The Labute approximate surface area is 148 Å². The molecule has 2 rings (SSSR count). The van der Waals surface area contributed by atoms with Crippen LogP contribution in [0.25, 0.3) is 0 Å². The molecule has 1 heteroatoms. The highest BCUT2D eigenvalue weighted by atomic mass is 16.5. The van der Waals surface area contributed by atoms with E-state index in [1.54, 1.807) is 0 Å². The standard InChI is InChI=1S/C23H32O/c1-9-12-24-21-19(22(4,5)6)14-17(3)15-20(21)23(7,8)18-11-10-16(2)13-18/h9,11,13-15H,1,10,12H2,2-8H3. The molecule has 130 valence electrons. The van der Waals surface area contributed by atoms with Gasteiger partial charge in [0.1, 0.15) is 12.4 Å². The first-order valence-electron chi connectivity index (χ1n) is 8.84. The second-order valence-electron chi connectivity index (χ2n) is 8.52. The van der Waals surface area contributed by atoms with Gasteiger partial charge in [0, 0.05) is 16.5 Å². The predicted octanol–water partition coefficient (Wildman–Crippen LogP) is 6.41. The normalized spacial score (nSPS) is 15.1. The van der Waals surface area contributed by atoms with E-state index in [4.69, 9.17) is 4.74 Å². The maximum absolute atomic E-state index is 6.21. The van der Waals surface area contributed by atoms with Crippen LogP contribution in [0.3, 0.4) is 0 Å². The Balaban J connectivity index is 2.67. The second kappa shape index (κ2) is 6.63. The Kier molecular flexibility index (Phi) is 5.13. The predicted molar refractivity (Wildman–Crippen MR) is 105 cm³/mol. The minimum atomic E-state index is -0.0831. The van der Waals surface area contributed by atoms with Crippen molar-refractivity contribution in [2.24, 2.45) is 0 Å². The lowest BCUT2D eigenvalue weighted by molar-refractivity contribution is 0.341. The number of benzene rings is 1. The molecule has 0 amide bonds. The molecule has 0 radical (unpaired) electrons. The van der Waals surface area contributed by atoms with Crippen LogP contribution in [-0.4, -0.2) is 6.61 Å². The third kappa shape index (κ3) is 3.66. The molecule has 0 unspecified atom stereocenters. The zero-order valence-corrected chi connectivity index (χ0v) is 16.4. The summed E-state index contributed by atoms with van der Waals surface area (Å²) in [4.78, 5) is 0. The molecule has 0 saturated heterocycles. The zero-order chi connectivity index (χ0) is 18.1. The van der Waals surface area contributed by atoms with Gasteiger partial charge in [-0.2, -0.15) is 0 Å². The fraction of sp³-hybridized carbons (Fsp3) is 0.478. The molecule has 1 aliphatic rings. The van der Waals surface area contributed by atoms with Crippen molar-refractivity contribution in [1.29, 1.82) is 0 Å². The van der Waals surface area contributed by atoms with E-state index >= 15 is 0 Å². The van der Waals surface area contributed by atoms with Crippen LogP contribution in [0.2, 0.25) is 0 Å². The fourth-order valence-corrected chi connectivity index (χ4v) is 3.34. The first-order valence-corrected chi connectivity index (χ1v) is 8.84. The summed E-state index contributed by atoms with van der Waals surface area (Å²) in [6.45, 7) is 20.1. The second-order valence-corrected chi connectivity index (χ2v) is 8.52. The summed E-state index contributed by atoms with van der Waals surface area (Å²) in [6.07, 6.45) is 7.56. The molecule has 1 aromatic rings. The first kappa shape index (κ1) is 18.6. The molecule has 1 aromatic carbocycles. The van der Waals surface area contributed by atoms with Gasteiger partial charge in [0.25, 0.3) is 0 Å². The maximum atomic E-state index is 6.21. The quantitative estimate of drug-likeness (QED) is 0.568. The molecule has 0 aliphatic heterocycles. The van der Waals surface area contributed by atoms with Gasteiger partial charge in [-0.15, -0.1) is 0 Å². The van der Waals surface area contributed by atoms with Crippen LogP contribution in [0, 0.1) is 6.92 Å². The Morgan fingerprint density at radius 1 is 1.08 bits per heavy atom. The number of aryl methyl sites for hydroxylation is 1. The molecule has 0 aromatic heterocycles. The van der Waals surface area contributed by atoms with Crippen molar-refractivity contribution in [3.05, 3.63) is 64.8 Å². The monoisotopic (exact) mass is 324 g/mol. The molecule has 0 heterocycles. The topological polar surface area (TPSA) is 9.23 Å². The minimum absolute atomic E-state index is 0.0309. The SMILES string of the molecule is C=CCOc1c(C(C)(C)C)cc(C)cc1C(C)(C)C1=CCC(C)=C1. The molecule has 0 bridgehead atoms. The number of ether oxygens (including phenoxy) is 1. The van der Waals surface area contributed by atoms with Crippen LogP contribution >= 0.6 is 0 Å². The Morgan fingerprint density at radius 2 is 1.71 bits per heavy atom. The van der Waals surface area contributed by atoms with Gasteiger partial charge in [-0.05, 0) is 31.3 Å². The van der Waals surface area contributed by atoms with Gasteiger partial charge in [-0.3, -0.25) is 0 Å². The molecular weight excluding hydrogens is 292 g/mol. The fourth-order valence-electron chi connectivity index (χ4n) is 3.34. The third-order valence-corrected chi connectivity index (χ3v) is 4.83. The summed E-state index contributed by atoms with van der Waals surface area (Å²) in [5.41, 5.74) is 6.58. The van der Waals surface area contributed by atoms with Crippen molar-refractivity contribution >= 4 is 0 Å². The molecule has 1 aliphatic carbocycles. The van der Waals surface area contributed by atoms with Crippen molar-refractivity contribution in [3.63, 3.8) is 0 Å². The van der Waals surface area contributed by atoms with Gasteiger partial charge in [0.15, 0.2) is 0 Å². The van der Waals surface area contributed by atoms with E-state index in [9.17, 15) is 0 Å². The third-order valence-electron chi connectivity index (χ3n) is 4.83. The van der Waals surface area contributed by atoms with Gasteiger partial charge in [0.2, 0.25) is 0 Å². The summed E-state index contributed by atoms with van der Waals surface area (Å²) in [5, 5.41) is 0. The smallest absolute Gasteiger partial charge is 0.127 e. The maximum Gasteiger partial charge on any atom is 0.127 e. The first-order chi connectivity index (χ1) is 11.1. The largest absolute Gasteiger partial charge is 0.489 e. The summed E-state index contributed by atoms with van der Waals surface area (Å²) >= 11 is 0. The van der Waals surface area contributed by atoms with Crippen LogP contribution in [-0.2, 0) is 10.8 Å². The average molecular weight is 325 g/mol. The van der Waals surface area contributed by atoms with Gasteiger partial charge in [-0.25, -0.2) is 0 Å². The molecule has 0 spiro atoms.